The van der Waals surface area contributed by atoms with Gasteiger partial charge in [-0.3, -0.25) is 4.79 Å². The Morgan fingerprint density at radius 2 is 2.21 bits per heavy atom. The van der Waals surface area contributed by atoms with Gasteiger partial charge in [0.2, 0.25) is 0 Å². The van der Waals surface area contributed by atoms with Gasteiger partial charge in [0.25, 0.3) is 5.91 Å². The van der Waals surface area contributed by atoms with Crippen LogP contribution in [0, 0.1) is 6.92 Å². The minimum absolute atomic E-state index is 0.0766. The van der Waals surface area contributed by atoms with E-state index in [1.54, 1.807) is 13.0 Å². The van der Waals surface area contributed by atoms with Crippen molar-refractivity contribution in [2.75, 3.05) is 27.2 Å². The molecule has 8 nitrogen and oxygen atoms in total. The first-order chi connectivity index (χ1) is 11.5. The lowest BCUT2D eigenvalue weighted by atomic mass is 9.97. The number of rotatable bonds is 4. The number of carbonyl (C=O) groups excluding carboxylic acids is 1. The average molecular weight is 332 g/mol. The fourth-order valence-corrected chi connectivity index (χ4v) is 3.15. The second kappa shape index (κ2) is 6.72. The van der Waals surface area contributed by atoms with Crippen molar-refractivity contribution in [2.24, 2.45) is 7.05 Å². The van der Waals surface area contributed by atoms with Crippen LogP contribution in [0.3, 0.4) is 0 Å². The first kappa shape index (κ1) is 16.6. The van der Waals surface area contributed by atoms with Crippen LogP contribution in [-0.2, 0) is 13.6 Å². The quantitative estimate of drug-likeness (QED) is 0.837. The zero-order valence-electron chi connectivity index (χ0n) is 14.7. The van der Waals surface area contributed by atoms with E-state index in [0.717, 1.165) is 37.6 Å². The van der Waals surface area contributed by atoms with Crippen molar-refractivity contribution in [1.29, 1.82) is 0 Å². The Kier molecular flexibility index (Phi) is 4.66. The van der Waals surface area contributed by atoms with Gasteiger partial charge in [-0.25, -0.2) is 0 Å². The maximum atomic E-state index is 12.6. The molecule has 1 aliphatic heterocycles. The highest BCUT2D eigenvalue weighted by Crippen LogP contribution is 2.26. The summed E-state index contributed by atoms with van der Waals surface area (Å²) in [5, 5.41) is 12.5. The molecule has 2 aromatic rings. The molecule has 0 N–H and O–H groups in total. The number of hydrogen-bond donors (Lipinski definition) is 0. The molecule has 0 aliphatic carbocycles. The first-order valence-corrected chi connectivity index (χ1v) is 8.21. The summed E-state index contributed by atoms with van der Waals surface area (Å²) >= 11 is 0. The maximum absolute atomic E-state index is 12.6. The molecular weight excluding hydrogens is 308 g/mol. The second-order valence-electron chi connectivity index (χ2n) is 6.68. The molecule has 1 atom stereocenters. The third-order valence-corrected chi connectivity index (χ3v) is 4.38. The van der Waals surface area contributed by atoms with Crippen LogP contribution < -0.4 is 0 Å². The van der Waals surface area contributed by atoms with Crippen LogP contribution in [0.1, 0.15) is 46.7 Å². The third kappa shape index (κ3) is 3.33. The summed E-state index contributed by atoms with van der Waals surface area (Å²) in [5.41, 5.74) is 0.374. The Hall–Kier alpha value is -2.22. The molecule has 1 saturated heterocycles. The van der Waals surface area contributed by atoms with Crippen LogP contribution in [-0.4, -0.2) is 62.8 Å². The van der Waals surface area contributed by atoms with Crippen LogP contribution in [0.5, 0.6) is 0 Å². The zero-order chi connectivity index (χ0) is 17.3. The Morgan fingerprint density at radius 1 is 1.42 bits per heavy atom. The highest BCUT2D eigenvalue weighted by molar-refractivity contribution is 5.92. The van der Waals surface area contributed by atoms with Gasteiger partial charge in [0.05, 0.1) is 6.54 Å². The monoisotopic (exact) mass is 332 g/mol. The van der Waals surface area contributed by atoms with Gasteiger partial charge >= 0.3 is 0 Å². The molecule has 3 rings (SSSR count). The highest BCUT2D eigenvalue weighted by atomic mass is 16.5. The number of piperidine rings is 1. The van der Waals surface area contributed by atoms with Crippen LogP contribution in [0.2, 0.25) is 0 Å². The van der Waals surface area contributed by atoms with E-state index >= 15 is 0 Å². The van der Waals surface area contributed by atoms with Gasteiger partial charge in [-0.1, -0.05) is 5.16 Å². The van der Waals surface area contributed by atoms with E-state index in [0.29, 0.717) is 18.0 Å². The van der Waals surface area contributed by atoms with Crippen molar-refractivity contribution in [2.45, 2.75) is 32.2 Å². The third-order valence-electron chi connectivity index (χ3n) is 4.38. The summed E-state index contributed by atoms with van der Waals surface area (Å²) in [4.78, 5) is 16.5. The average Bonchev–Trinajstić information content (AvgIpc) is 3.13. The minimum Gasteiger partial charge on any atom is -0.361 e. The Labute approximate surface area is 141 Å². The number of amides is 1. The maximum Gasteiger partial charge on any atom is 0.276 e. The second-order valence-corrected chi connectivity index (χ2v) is 6.68. The molecule has 24 heavy (non-hydrogen) atoms. The molecule has 0 bridgehead atoms. The van der Waals surface area contributed by atoms with E-state index in [1.807, 2.05) is 26.0 Å². The normalized spacial score (nSPS) is 18.4. The summed E-state index contributed by atoms with van der Waals surface area (Å²) in [5.74, 6) is 2.65. The van der Waals surface area contributed by atoms with Crippen molar-refractivity contribution < 1.29 is 9.32 Å². The van der Waals surface area contributed by atoms with Gasteiger partial charge in [0.15, 0.2) is 5.69 Å². The van der Waals surface area contributed by atoms with Gasteiger partial charge < -0.3 is 18.9 Å². The summed E-state index contributed by atoms with van der Waals surface area (Å²) < 4.78 is 7.07. The topological polar surface area (TPSA) is 80.3 Å². The van der Waals surface area contributed by atoms with Crippen LogP contribution in [0.4, 0.5) is 0 Å². The molecular formula is C16H24N6O2. The molecule has 1 fully saturated rings. The largest absolute Gasteiger partial charge is 0.361 e. The van der Waals surface area contributed by atoms with Crippen molar-refractivity contribution in [3.05, 3.63) is 29.2 Å². The molecule has 0 saturated carbocycles. The number of hydrogen-bond acceptors (Lipinski definition) is 6. The van der Waals surface area contributed by atoms with Crippen molar-refractivity contribution in [3.63, 3.8) is 0 Å². The number of likely N-dealkylation sites (tertiary alicyclic amines) is 1. The minimum atomic E-state index is -0.0766. The first-order valence-electron chi connectivity index (χ1n) is 8.21. The molecule has 130 valence electrons. The van der Waals surface area contributed by atoms with Crippen LogP contribution in [0.15, 0.2) is 10.6 Å². The fourth-order valence-electron chi connectivity index (χ4n) is 3.15. The van der Waals surface area contributed by atoms with Crippen molar-refractivity contribution in [3.8, 4) is 0 Å². The Bertz CT molecular complexity index is 720. The van der Waals surface area contributed by atoms with Crippen molar-refractivity contribution >= 4 is 5.91 Å². The molecule has 1 amide bonds. The Balaban J connectivity index is 1.74. The predicted octanol–water partition coefficient (Wildman–Crippen LogP) is 1.19. The lowest BCUT2D eigenvalue weighted by molar-refractivity contribution is 0.0693. The van der Waals surface area contributed by atoms with Gasteiger partial charge in [-0.2, -0.15) is 0 Å². The van der Waals surface area contributed by atoms with E-state index in [4.69, 9.17) is 4.52 Å². The highest BCUT2D eigenvalue weighted by Gasteiger charge is 2.30. The molecule has 3 heterocycles. The summed E-state index contributed by atoms with van der Waals surface area (Å²) in [7, 11) is 6.01. The van der Waals surface area contributed by atoms with E-state index in [1.165, 1.54) is 0 Å². The van der Waals surface area contributed by atoms with Crippen LogP contribution >= 0.6 is 0 Å². The molecule has 0 aromatic carbocycles. The number of nitrogens with zero attached hydrogens (tertiary/aromatic N) is 6. The molecule has 8 heteroatoms. The van der Waals surface area contributed by atoms with Gasteiger partial charge in [0, 0.05) is 32.1 Å². The standard InChI is InChI=1S/C16H24N6O2/c1-11-8-13(19-24-11)16(23)22-7-5-6-12(9-22)15-18-17-14(21(15)4)10-20(2)3/h8,12H,5-7,9-10H2,1-4H3/t12-/m1/s1. The van der Waals surface area contributed by atoms with E-state index in [2.05, 4.69) is 24.8 Å². The predicted molar refractivity (Wildman–Crippen MR) is 87.5 cm³/mol. The number of aryl methyl sites for hydroxylation is 1. The molecule has 1 aliphatic rings. The summed E-state index contributed by atoms with van der Waals surface area (Å²) in [6.45, 7) is 3.91. The number of aromatic nitrogens is 4. The molecule has 2 aromatic heterocycles. The smallest absolute Gasteiger partial charge is 0.276 e. The van der Waals surface area contributed by atoms with Gasteiger partial charge in [0.1, 0.15) is 17.4 Å². The summed E-state index contributed by atoms with van der Waals surface area (Å²) in [6.07, 6.45) is 1.96. The van der Waals surface area contributed by atoms with E-state index in [-0.39, 0.29) is 11.8 Å². The Morgan fingerprint density at radius 3 is 2.88 bits per heavy atom. The molecule has 0 unspecified atom stereocenters. The lowest BCUT2D eigenvalue weighted by Gasteiger charge is -2.31. The van der Waals surface area contributed by atoms with Crippen LogP contribution in [0.25, 0.3) is 0 Å². The van der Waals surface area contributed by atoms with E-state index in [9.17, 15) is 4.79 Å². The van der Waals surface area contributed by atoms with Crippen molar-refractivity contribution in [1.82, 2.24) is 29.7 Å². The van der Waals surface area contributed by atoms with Gasteiger partial charge in [-0.15, -0.1) is 10.2 Å². The SMILES string of the molecule is Cc1cc(C(=O)N2CCC[C@@H](c3nnc(CN(C)C)n3C)C2)no1. The van der Waals surface area contributed by atoms with Gasteiger partial charge in [-0.05, 0) is 33.9 Å². The fraction of sp³-hybridized carbons (Fsp3) is 0.625. The molecule has 0 radical (unpaired) electrons. The lowest BCUT2D eigenvalue weighted by Crippen LogP contribution is -2.39. The number of carbonyl (C=O) groups is 1. The van der Waals surface area contributed by atoms with E-state index < -0.39 is 0 Å². The molecule has 0 spiro atoms. The summed E-state index contributed by atoms with van der Waals surface area (Å²) in [6, 6.07) is 1.68. The zero-order valence-corrected chi connectivity index (χ0v) is 14.7.